The highest BCUT2D eigenvalue weighted by Gasteiger charge is 2.16. The Labute approximate surface area is 109 Å². The molecule has 2 nitrogen and oxygen atoms in total. The molecular weight excluding hydrogens is 234 g/mol. The van der Waals surface area contributed by atoms with Crippen molar-refractivity contribution in [1.82, 2.24) is 4.90 Å². The van der Waals surface area contributed by atoms with Crippen molar-refractivity contribution in [2.45, 2.75) is 26.3 Å². The molecule has 17 heavy (non-hydrogen) atoms. The number of aliphatic hydroxyl groups is 1. The Hall–Kier alpha value is -0.570. The summed E-state index contributed by atoms with van der Waals surface area (Å²) in [6.07, 6.45) is 0.983. The van der Waals surface area contributed by atoms with Gasteiger partial charge in [-0.15, -0.1) is 0 Å². The van der Waals surface area contributed by atoms with Gasteiger partial charge in [0.25, 0.3) is 0 Å². The van der Waals surface area contributed by atoms with E-state index in [9.17, 15) is 5.11 Å². The number of nitrogens with zero attached hydrogens (tertiary/aromatic N) is 1. The SMILES string of the molecule is CC(C)C(CO)N(C)CCc1ccc(Cl)cc1. The average molecular weight is 256 g/mol. The summed E-state index contributed by atoms with van der Waals surface area (Å²) in [5.74, 6) is 0.468. The average Bonchev–Trinajstić information content (AvgIpc) is 2.28. The monoisotopic (exact) mass is 255 g/mol. The van der Waals surface area contributed by atoms with Crippen LogP contribution in [-0.2, 0) is 6.42 Å². The topological polar surface area (TPSA) is 23.5 Å². The van der Waals surface area contributed by atoms with Crippen LogP contribution in [0.3, 0.4) is 0 Å². The van der Waals surface area contributed by atoms with Crippen LogP contribution in [0.2, 0.25) is 5.02 Å². The third-order valence-electron chi connectivity index (χ3n) is 3.19. The van der Waals surface area contributed by atoms with Crippen molar-refractivity contribution in [3.05, 3.63) is 34.9 Å². The van der Waals surface area contributed by atoms with Crippen LogP contribution in [0.15, 0.2) is 24.3 Å². The van der Waals surface area contributed by atoms with Crippen LogP contribution >= 0.6 is 11.6 Å². The van der Waals surface area contributed by atoms with E-state index in [2.05, 4.69) is 37.9 Å². The summed E-state index contributed by atoms with van der Waals surface area (Å²) >= 11 is 5.85. The normalized spacial score (nSPS) is 13.4. The molecule has 1 atom stereocenters. The van der Waals surface area contributed by atoms with Crippen molar-refractivity contribution in [2.24, 2.45) is 5.92 Å². The number of rotatable bonds is 6. The van der Waals surface area contributed by atoms with Gasteiger partial charge < -0.3 is 10.0 Å². The summed E-state index contributed by atoms with van der Waals surface area (Å²) in [6.45, 7) is 5.44. The fraction of sp³-hybridized carbons (Fsp3) is 0.571. The van der Waals surface area contributed by atoms with Crippen LogP contribution in [0.4, 0.5) is 0 Å². The maximum atomic E-state index is 9.34. The first kappa shape index (κ1) is 14.5. The minimum atomic E-state index is 0.217. The molecule has 1 N–H and O–H groups in total. The van der Waals surface area contributed by atoms with Gasteiger partial charge in [-0.2, -0.15) is 0 Å². The second-order valence-electron chi connectivity index (χ2n) is 4.85. The van der Waals surface area contributed by atoms with Gasteiger partial charge in [-0.1, -0.05) is 37.6 Å². The van der Waals surface area contributed by atoms with Gasteiger partial charge in [-0.25, -0.2) is 0 Å². The van der Waals surface area contributed by atoms with E-state index in [1.807, 2.05) is 12.1 Å². The lowest BCUT2D eigenvalue weighted by atomic mass is 10.0. The van der Waals surface area contributed by atoms with Crippen molar-refractivity contribution in [3.63, 3.8) is 0 Å². The summed E-state index contributed by atoms with van der Waals surface area (Å²) in [6, 6.07) is 8.19. The fourth-order valence-corrected chi connectivity index (χ4v) is 2.11. The Morgan fingerprint density at radius 1 is 1.24 bits per heavy atom. The van der Waals surface area contributed by atoms with Crippen molar-refractivity contribution in [2.75, 3.05) is 20.2 Å². The van der Waals surface area contributed by atoms with Crippen molar-refractivity contribution < 1.29 is 5.11 Å². The Balaban J connectivity index is 2.47. The van der Waals surface area contributed by atoms with Gasteiger partial charge in [0.15, 0.2) is 0 Å². The maximum Gasteiger partial charge on any atom is 0.0589 e. The highest BCUT2D eigenvalue weighted by molar-refractivity contribution is 6.30. The third-order valence-corrected chi connectivity index (χ3v) is 3.44. The van der Waals surface area contributed by atoms with Gasteiger partial charge in [-0.3, -0.25) is 0 Å². The van der Waals surface area contributed by atoms with Crippen LogP contribution in [-0.4, -0.2) is 36.2 Å². The first-order valence-electron chi connectivity index (χ1n) is 6.10. The van der Waals surface area contributed by atoms with Crippen molar-refractivity contribution in [3.8, 4) is 0 Å². The second kappa shape index (κ2) is 7.00. The first-order chi connectivity index (χ1) is 8.04. The fourth-order valence-electron chi connectivity index (χ4n) is 1.98. The molecule has 0 saturated heterocycles. The molecule has 0 aliphatic heterocycles. The molecule has 1 unspecified atom stereocenters. The molecule has 0 aliphatic rings. The standard InChI is InChI=1S/C14H22ClNO/c1-11(2)14(10-17)16(3)9-8-12-4-6-13(15)7-5-12/h4-7,11,14,17H,8-10H2,1-3H3. The van der Waals surface area contributed by atoms with Crippen LogP contribution in [0.1, 0.15) is 19.4 Å². The number of likely N-dealkylation sites (N-methyl/N-ethyl adjacent to an activating group) is 1. The minimum absolute atomic E-state index is 0.217. The Morgan fingerprint density at radius 2 is 1.82 bits per heavy atom. The van der Waals surface area contributed by atoms with Gasteiger partial charge in [0, 0.05) is 17.6 Å². The molecular formula is C14H22ClNO. The molecule has 0 bridgehead atoms. The van der Waals surface area contributed by atoms with Gasteiger partial charge in [0.1, 0.15) is 0 Å². The maximum absolute atomic E-state index is 9.34. The van der Waals surface area contributed by atoms with Crippen molar-refractivity contribution >= 4 is 11.6 Å². The van der Waals surface area contributed by atoms with E-state index < -0.39 is 0 Å². The van der Waals surface area contributed by atoms with E-state index in [0.717, 1.165) is 18.0 Å². The van der Waals surface area contributed by atoms with Gasteiger partial charge in [0.2, 0.25) is 0 Å². The molecule has 96 valence electrons. The molecule has 0 heterocycles. The zero-order chi connectivity index (χ0) is 12.8. The molecule has 0 fully saturated rings. The minimum Gasteiger partial charge on any atom is -0.395 e. The summed E-state index contributed by atoms with van der Waals surface area (Å²) in [7, 11) is 2.07. The quantitative estimate of drug-likeness (QED) is 0.845. The molecule has 1 rings (SSSR count). The van der Waals surface area contributed by atoms with Crippen LogP contribution in [0, 0.1) is 5.92 Å². The van der Waals surface area contributed by atoms with Crippen LogP contribution < -0.4 is 0 Å². The lowest BCUT2D eigenvalue weighted by Crippen LogP contribution is -2.39. The van der Waals surface area contributed by atoms with Crippen LogP contribution in [0.5, 0.6) is 0 Å². The predicted octanol–water partition coefficient (Wildman–Crippen LogP) is 2.83. The lowest BCUT2D eigenvalue weighted by Gasteiger charge is -2.29. The highest BCUT2D eigenvalue weighted by atomic mass is 35.5. The summed E-state index contributed by atoms with van der Waals surface area (Å²) < 4.78 is 0. The van der Waals surface area contributed by atoms with E-state index >= 15 is 0 Å². The van der Waals surface area contributed by atoms with E-state index in [1.54, 1.807) is 0 Å². The zero-order valence-electron chi connectivity index (χ0n) is 10.9. The number of halogens is 1. The summed E-state index contributed by atoms with van der Waals surface area (Å²) in [5.41, 5.74) is 1.28. The molecule has 3 heteroatoms. The molecule has 0 aromatic heterocycles. The largest absolute Gasteiger partial charge is 0.395 e. The van der Waals surface area contributed by atoms with E-state index in [0.29, 0.717) is 5.92 Å². The zero-order valence-corrected chi connectivity index (χ0v) is 11.6. The number of hydrogen-bond acceptors (Lipinski definition) is 2. The number of benzene rings is 1. The lowest BCUT2D eigenvalue weighted by molar-refractivity contribution is 0.114. The number of aliphatic hydroxyl groups excluding tert-OH is 1. The molecule has 0 spiro atoms. The molecule has 1 aromatic rings. The van der Waals surface area contributed by atoms with Gasteiger partial charge in [0.05, 0.1) is 6.61 Å². The Morgan fingerprint density at radius 3 is 2.29 bits per heavy atom. The Bertz CT molecular complexity index is 323. The molecule has 0 aliphatic carbocycles. The third kappa shape index (κ3) is 4.66. The first-order valence-corrected chi connectivity index (χ1v) is 6.48. The van der Waals surface area contributed by atoms with E-state index in [-0.39, 0.29) is 12.6 Å². The molecule has 1 aromatic carbocycles. The molecule has 0 saturated carbocycles. The van der Waals surface area contributed by atoms with Crippen molar-refractivity contribution in [1.29, 1.82) is 0 Å². The van der Waals surface area contributed by atoms with Gasteiger partial charge >= 0.3 is 0 Å². The second-order valence-corrected chi connectivity index (χ2v) is 5.29. The Kier molecular flexibility index (Phi) is 5.96. The van der Waals surface area contributed by atoms with Gasteiger partial charge in [-0.05, 0) is 37.1 Å². The highest BCUT2D eigenvalue weighted by Crippen LogP contribution is 2.12. The smallest absolute Gasteiger partial charge is 0.0589 e. The van der Waals surface area contributed by atoms with E-state index in [4.69, 9.17) is 11.6 Å². The van der Waals surface area contributed by atoms with E-state index in [1.165, 1.54) is 5.56 Å². The molecule has 0 amide bonds. The summed E-state index contributed by atoms with van der Waals surface area (Å²) in [5, 5.41) is 10.1. The predicted molar refractivity (Wildman–Crippen MR) is 73.5 cm³/mol. The van der Waals surface area contributed by atoms with Crippen LogP contribution in [0.25, 0.3) is 0 Å². The summed E-state index contributed by atoms with van der Waals surface area (Å²) in [4.78, 5) is 2.22. The number of hydrogen-bond donors (Lipinski definition) is 1. The molecule has 0 radical (unpaired) electrons.